The van der Waals surface area contributed by atoms with Crippen LogP contribution >= 0.6 is 0 Å². The van der Waals surface area contributed by atoms with Crippen molar-refractivity contribution < 1.29 is 4.74 Å². The quantitative estimate of drug-likeness (QED) is 0.725. The molecule has 0 bridgehead atoms. The van der Waals surface area contributed by atoms with Crippen LogP contribution in [0.3, 0.4) is 0 Å². The van der Waals surface area contributed by atoms with Crippen LogP contribution in [0, 0.1) is 0 Å². The van der Waals surface area contributed by atoms with E-state index < -0.39 is 0 Å². The number of hydrogen-bond donors (Lipinski definition) is 1. The Hall–Kier alpha value is -0.120. The van der Waals surface area contributed by atoms with Crippen molar-refractivity contribution in [3.63, 3.8) is 0 Å². The van der Waals surface area contributed by atoms with E-state index in [0.29, 0.717) is 18.2 Å². The Kier molecular flexibility index (Phi) is 5.58. The fourth-order valence-electron chi connectivity index (χ4n) is 2.54. The predicted octanol–water partition coefficient (Wildman–Crippen LogP) is 1.48. The summed E-state index contributed by atoms with van der Waals surface area (Å²) in [6, 6.07) is 1.25. The first-order valence-electron chi connectivity index (χ1n) is 6.18. The molecule has 0 spiro atoms. The summed E-state index contributed by atoms with van der Waals surface area (Å²) in [6.07, 6.45) is 4.09. The van der Waals surface area contributed by atoms with Crippen LogP contribution in [0.25, 0.3) is 0 Å². The van der Waals surface area contributed by atoms with Crippen molar-refractivity contribution >= 4 is 0 Å². The van der Waals surface area contributed by atoms with Gasteiger partial charge in [0.2, 0.25) is 0 Å². The molecule has 1 rings (SSSR count). The summed E-state index contributed by atoms with van der Waals surface area (Å²) in [5.41, 5.74) is 0. The van der Waals surface area contributed by atoms with Gasteiger partial charge in [-0.15, -0.1) is 0 Å². The Morgan fingerprint density at radius 2 is 2.27 bits per heavy atom. The second-order valence-electron chi connectivity index (χ2n) is 4.60. The normalized spacial score (nSPS) is 28.6. The van der Waals surface area contributed by atoms with E-state index >= 15 is 0 Å². The number of likely N-dealkylation sites (N-methyl/N-ethyl adjacent to an activating group) is 2. The maximum absolute atomic E-state index is 5.63. The molecule has 0 aromatic rings. The lowest BCUT2D eigenvalue weighted by atomic mass is 10.0. The number of nitrogens with zero attached hydrogens (tertiary/aromatic N) is 1. The number of ether oxygens (including phenoxy) is 1. The average Bonchev–Trinajstić information content (AvgIpc) is 2.63. The lowest BCUT2D eigenvalue weighted by Crippen LogP contribution is -2.47. The van der Waals surface area contributed by atoms with Crippen LogP contribution in [0.15, 0.2) is 0 Å². The molecule has 15 heavy (non-hydrogen) atoms. The molecular weight excluding hydrogens is 188 g/mol. The van der Waals surface area contributed by atoms with Crippen LogP contribution < -0.4 is 5.32 Å². The molecular formula is C12H26N2O. The lowest BCUT2D eigenvalue weighted by molar-refractivity contribution is 0.0654. The van der Waals surface area contributed by atoms with E-state index in [9.17, 15) is 0 Å². The highest BCUT2D eigenvalue weighted by atomic mass is 16.5. The van der Waals surface area contributed by atoms with Crippen molar-refractivity contribution in [2.24, 2.45) is 0 Å². The van der Waals surface area contributed by atoms with Crippen molar-refractivity contribution in [3.8, 4) is 0 Å². The van der Waals surface area contributed by atoms with E-state index in [4.69, 9.17) is 4.74 Å². The number of nitrogens with one attached hydrogen (secondary N) is 1. The molecule has 3 nitrogen and oxygen atoms in total. The minimum atomic E-state index is 0.395. The highest BCUT2D eigenvalue weighted by Gasteiger charge is 2.30. The van der Waals surface area contributed by atoms with Gasteiger partial charge >= 0.3 is 0 Å². The van der Waals surface area contributed by atoms with Crippen LogP contribution in [0.1, 0.15) is 33.1 Å². The molecule has 1 heterocycles. The van der Waals surface area contributed by atoms with Crippen LogP contribution in [-0.2, 0) is 4.74 Å². The van der Waals surface area contributed by atoms with Gasteiger partial charge in [0, 0.05) is 25.2 Å². The second-order valence-corrected chi connectivity index (χ2v) is 4.60. The van der Waals surface area contributed by atoms with Crippen molar-refractivity contribution in [2.75, 3.05) is 27.2 Å². The third-order valence-electron chi connectivity index (χ3n) is 3.50. The number of hydrogen-bond acceptors (Lipinski definition) is 3. The molecule has 1 saturated heterocycles. The zero-order chi connectivity index (χ0) is 11.3. The molecule has 1 aliphatic heterocycles. The minimum Gasteiger partial charge on any atom is -0.377 e. The summed E-state index contributed by atoms with van der Waals surface area (Å²) in [6.45, 7) is 6.45. The number of rotatable bonds is 6. The SMILES string of the molecule is CCCC(CNC)N(C)C1CCOC1C. The van der Waals surface area contributed by atoms with E-state index in [0.717, 1.165) is 13.2 Å². The van der Waals surface area contributed by atoms with Gasteiger partial charge in [0.1, 0.15) is 0 Å². The predicted molar refractivity (Wildman–Crippen MR) is 64.2 cm³/mol. The van der Waals surface area contributed by atoms with Crippen LogP contribution in [0.4, 0.5) is 0 Å². The molecule has 0 aliphatic carbocycles. The Morgan fingerprint density at radius 1 is 1.53 bits per heavy atom. The molecule has 3 unspecified atom stereocenters. The fraction of sp³-hybridized carbons (Fsp3) is 1.00. The molecule has 0 aromatic heterocycles. The van der Waals surface area contributed by atoms with E-state index in [-0.39, 0.29) is 0 Å². The van der Waals surface area contributed by atoms with Gasteiger partial charge in [-0.1, -0.05) is 13.3 Å². The van der Waals surface area contributed by atoms with E-state index in [1.807, 2.05) is 7.05 Å². The largest absolute Gasteiger partial charge is 0.377 e. The minimum absolute atomic E-state index is 0.395. The van der Waals surface area contributed by atoms with Crippen molar-refractivity contribution in [3.05, 3.63) is 0 Å². The molecule has 90 valence electrons. The average molecular weight is 214 g/mol. The van der Waals surface area contributed by atoms with Crippen molar-refractivity contribution in [2.45, 2.75) is 51.3 Å². The highest BCUT2D eigenvalue weighted by molar-refractivity contribution is 4.85. The Bertz CT molecular complexity index is 169. The van der Waals surface area contributed by atoms with E-state index in [1.165, 1.54) is 19.3 Å². The topological polar surface area (TPSA) is 24.5 Å². The first-order valence-corrected chi connectivity index (χ1v) is 6.18. The molecule has 0 amide bonds. The molecule has 1 fully saturated rings. The summed E-state index contributed by atoms with van der Waals surface area (Å²) in [7, 11) is 4.28. The van der Waals surface area contributed by atoms with Gasteiger partial charge in [0.05, 0.1) is 6.10 Å². The molecule has 0 aromatic carbocycles. The van der Waals surface area contributed by atoms with Crippen molar-refractivity contribution in [1.29, 1.82) is 0 Å². The zero-order valence-corrected chi connectivity index (χ0v) is 10.6. The molecule has 0 radical (unpaired) electrons. The van der Waals surface area contributed by atoms with Gasteiger partial charge in [-0.25, -0.2) is 0 Å². The summed E-state index contributed by atoms with van der Waals surface area (Å²) in [5.74, 6) is 0. The Morgan fingerprint density at radius 3 is 2.73 bits per heavy atom. The molecule has 3 heteroatoms. The van der Waals surface area contributed by atoms with Gasteiger partial charge in [0.25, 0.3) is 0 Å². The summed E-state index contributed by atoms with van der Waals surface area (Å²) >= 11 is 0. The van der Waals surface area contributed by atoms with Crippen molar-refractivity contribution in [1.82, 2.24) is 10.2 Å². The van der Waals surface area contributed by atoms with Gasteiger partial charge in [-0.2, -0.15) is 0 Å². The molecule has 3 atom stereocenters. The van der Waals surface area contributed by atoms with Crippen LogP contribution in [0.5, 0.6) is 0 Å². The lowest BCUT2D eigenvalue weighted by Gasteiger charge is -2.34. The fourth-order valence-corrected chi connectivity index (χ4v) is 2.54. The maximum atomic E-state index is 5.63. The molecule has 0 saturated carbocycles. The Labute approximate surface area is 94.2 Å². The van der Waals surface area contributed by atoms with Crippen LogP contribution in [-0.4, -0.2) is 50.3 Å². The Balaban J connectivity index is 2.49. The molecule has 1 aliphatic rings. The van der Waals surface area contributed by atoms with E-state index in [2.05, 4.69) is 31.1 Å². The summed E-state index contributed by atoms with van der Waals surface area (Å²) in [4.78, 5) is 2.51. The van der Waals surface area contributed by atoms with Gasteiger partial charge in [0.15, 0.2) is 0 Å². The third kappa shape index (κ3) is 3.44. The summed E-state index contributed by atoms with van der Waals surface area (Å²) in [5, 5.41) is 3.29. The zero-order valence-electron chi connectivity index (χ0n) is 10.6. The first kappa shape index (κ1) is 12.9. The molecule has 1 N–H and O–H groups in total. The highest BCUT2D eigenvalue weighted by Crippen LogP contribution is 2.21. The van der Waals surface area contributed by atoms with Gasteiger partial charge in [-0.05, 0) is 33.9 Å². The third-order valence-corrected chi connectivity index (χ3v) is 3.50. The van der Waals surface area contributed by atoms with Gasteiger partial charge < -0.3 is 10.1 Å². The van der Waals surface area contributed by atoms with E-state index in [1.54, 1.807) is 0 Å². The standard InChI is InChI=1S/C12H26N2O/c1-5-6-11(9-13-3)14(4)12-7-8-15-10(12)2/h10-13H,5-9H2,1-4H3. The summed E-state index contributed by atoms with van der Waals surface area (Å²) < 4.78 is 5.63. The first-order chi connectivity index (χ1) is 7.20. The maximum Gasteiger partial charge on any atom is 0.0703 e. The smallest absolute Gasteiger partial charge is 0.0703 e. The van der Waals surface area contributed by atoms with Crippen LogP contribution in [0.2, 0.25) is 0 Å². The second kappa shape index (κ2) is 6.46. The monoisotopic (exact) mass is 214 g/mol. The van der Waals surface area contributed by atoms with Gasteiger partial charge in [-0.3, -0.25) is 4.90 Å².